The lowest BCUT2D eigenvalue weighted by Crippen LogP contribution is -2.65. The topological polar surface area (TPSA) is 70.7 Å². The van der Waals surface area contributed by atoms with E-state index in [1.807, 2.05) is 36.4 Å². The normalized spacial score (nSPS) is 22.6. The van der Waals surface area contributed by atoms with Crippen molar-refractivity contribution in [3.8, 4) is 5.75 Å². The number of amides is 2. The van der Waals surface area contributed by atoms with Crippen molar-refractivity contribution < 1.29 is 14.3 Å². The molecule has 2 aromatic rings. The molecule has 2 amide bonds. The standard InChI is InChI=1S/C25H30ClN3O3/c1-32-18-12-10-17(11-13-18)14-15-29(25(31)19-6-2-4-8-21(19)26)16-23-27-22-9-5-3-7-20(22)24(30)28-23/h2,4,6,8,10-13,20,22-23,27H,3,5,7,9,14-16H2,1H3,(H,28,30). The zero-order chi connectivity index (χ0) is 22.5. The van der Waals surface area contributed by atoms with Crippen LogP contribution in [-0.4, -0.2) is 49.1 Å². The fourth-order valence-corrected chi connectivity index (χ4v) is 4.90. The number of fused-ring (bicyclic) bond motifs is 1. The molecule has 2 N–H and O–H groups in total. The van der Waals surface area contributed by atoms with E-state index in [4.69, 9.17) is 16.3 Å². The van der Waals surface area contributed by atoms with Crippen molar-refractivity contribution in [3.05, 3.63) is 64.7 Å². The Morgan fingerprint density at radius 2 is 1.88 bits per heavy atom. The fraction of sp³-hybridized carbons (Fsp3) is 0.440. The maximum atomic E-state index is 13.4. The minimum atomic E-state index is -0.274. The first-order chi connectivity index (χ1) is 15.5. The third-order valence-corrected chi connectivity index (χ3v) is 6.79. The van der Waals surface area contributed by atoms with Crippen LogP contribution in [0.15, 0.2) is 48.5 Å². The first kappa shape index (κ1) is 22.6. The van der Waals surface area contributed by atoms with Crippen molar-refractivity contribution in [2.45, 2.75) is 44.3 Å². The van der Waals surface area contributed by atoms with Gasteiger partial charge in [-0.2, -0.15) is 0 Å². The quantitative estimate of drug-likeness (QED) is 0.668. The zero-order valence-corrected chi connectivity index (χ0v) is 19.1. The van der Waals surface area contributed by atoms with E-state index in [0.717, 1.165) is 37.0 Å². The van der Waals surface area contributed by atoms with Crippen molar-refractivity contribution in [1.29, 1.82) is 0 Å². The molecular weight excluding hydrogens is 426 g/mol. The summed E-state index contributed by atoms with van der Waals surface area (Å²) in [7, 11) is 1.64. The van der Waals surface area contributed by atoms with Gasteiger partial charge in [0, 0.05) is 12.6 Å². The minimum absolute atomic E-state index is 0.0343. The SMILES string of the molecule is COc1ccc(CCN(CC2NC(=O)C3CCCCC3N2)C(=O)c2ccccc2Cl)cc1. The summed E-state index contributed by atoms with van der Waals surface area (Å²) in [6.45, 7) is 0.897. The van der Waals surface area contributed by atoms with Crippen molar-refractivity contribution in [2.24, 2.45) is 5.92 Å². The number of carbonyl (C=O) groups excluding carboxylic acids is 2. The summed E-state index contributed by atoms with van der Waals surface area (Å²) in [6.07, 6.45) is 4.57. The number of hydrogen-bond donors (Lipinski definition) is 2. The van der Waals surface area contributed by atoms with Crippen LogP contribution in [0.1, 0.15) is 41.6 Å². The Hall–Kier alpha value is -2.57. The lowest BCUT2D eigenvalue weighted by atomic mass is 9.82. The summed E-state index contributed by atoms with van der Waals surface area (Å²) >= 11 is 6.32. The van der Waals surface area contributed by atoms with Crippen LogP contribution in [0.5, 0.6) is 5.75 Å². The number of nitrogens with one attached hydrogen (secondary N) is 2. The van der Waals surface area contributed by atoms with Gasteiger partial charge in [0.15, 0.2) is 0 Å². The van der Waals surface area contributed by atoms with E-state index in [-0.39, 0.29) is 29.9 Å². The number of rotatable bonds is 7. The third kappa shape index (κ3) is 5.25. The van der Waals surface area contributed by atoms with Gasteiger partial charge in [-0.1, -0.05) is 48.7 Å². The summed E-state index contributed by atoms with van der Waals surface area (Å²) < 4.78 is 5.23. The lowest BCUT2D eigenvalue weighted by Gasteiger charge is -2.41. The number of methoxy groups -OCH3 is 1. The lowest BCUT2D eigenvalue weighted by molar-refractivity contribution is -0.131. The highest BCUT2D eigenvalue weighted by molar-refractivity contribution is 6.33. The monoisotopic (exact) mass is 455 g/mol. The van der Waals surface area contributed by atoms with Crippen molar-refractivity contribution in [2.75, 3.05) is 20.2 Å². The Morgan fingerprint density at radius 1 is 1.12 bits per heavy atom. The predicted molar refractivity (Wildman–Crippen MR) is 125 cm³/mol. The van der Waals surface area contributed by atoms with Gasteiger partial charge in [0.1, 0.15) is 5.75 Å². The zero-order valence-electron chi connectivity index (χ0n) is 18.4. The first-order valence-electron chi connectivity index (χ1n) is 11.3. The average molecular weight is 456 g/mol. The molecule has 7 heteroatoms. The van der Waals surface area contributed by atoms with Gasteiger partial charge in [-0.25, -0.2) is 0 Å². The van der Waals surface area contributed by atoms with Gasteiger partial charge in [0.05, 0.1) is 36.3 Å². The molecule has 2 aromatic carbocycles. The highest BCUT2D eigenvalue weighted by Crippen LogP contribution is 2.27. The maximum absolute atomic E-state index is 13.4. The van der Waals surface area contributed by atoms with Gasteiger partial charge in [-0.05, 0) is 49.1 Å². The second-order valence-electron chi connectivity index (χ2n) is 8.55. The Bertz CT molecular complexity index is 950. The Balaban J connectivity index is 1.49. The summed E-state index contributed by atoms with van der Waals surface area (Å²) in [5.41, 5.74) is 1.58. The molecule has 0 aromatic heterocycles. The smallest absolute Gasteiger partial charge is 0.255 e. The molecule has 3 unspecified atom stereocenters. The second kappa shape index (κ2) is 10.4. The van der Waals surface area contributed by atoms with E-state index >= 15 is 0 Å². The van der Waals surface area contributed by atoms with Crippen LogP contribution < -0.4 is 15.4 Å². The molecule has 0 bridgehead atoms. The summed E-state index contributed by atoms with van der Waals surface area (Å²) in [5, 5.41) is 7.09. The molecule has 3 atom stereocenters. The average Bonchev–Trinajstić information content (AvgIpc) is 2.82. The van der Waals surface area contributed by atoms with E-state index in [1.54, 1.807) is 24.1 Å². The molecular formula is C25H30ClN3O3. The van der Waals surface area contributed by atoms with Gasteiger partial charge < -0.3 is 15.0 Å². The van der Waals surface area contributed by atoms with Crippen LogP contribution in [0, 0.1) is 5.92 Å². The van der Waals surface area contributed by atoms with Crippen LogP contribution in [0.2, 0.25) is 5.02 Å². The van der Waals surface area contributed by atoms with Crippen molar-refractivity contribution >= 4 is 23.4 Å². The molecule has 1 aliphatic heterocycles. The van der Waals surface area contributed by atoms with E-state index in [9.17, 15) is 9.59 Å². The molecule has 2 fully saturated rings. The molecule has 1 heterocycles. The third-order valence-electron chi connectivity index (χ3n) is 6.46. The highest BCUT2D eigenvalue weighted by atomic mass is 35.5. The molecule has 2 aliphatic rings. The molecule has 6 nitrogen and oxygen atoms in total. The molecule has 4 rings (SSSR count). The summed E-state index contributed by atoms with van der Waals surface area (Å²) in [6, 6.07) is 15.1. The molecule has 0 spiro atoms. The largest absolute Gasteiger partial charge is 0.497 e. The molecule has 170 valence electrons. The maximum Gasteiger partial charge on any atom is 0.255 e. The van der Waals surface area contributed by atoms with E-state index in [1.165, 1.54) is 0 Å². The van der Waals surface area contributed by atoms with E-state index in [0.29, 0.717) is 30.1 Å². The van der Waals surface area contributed by atoms with Crippen molar-refractivity contribution in [3.63, 3.8) is 0 Å². The number of benzene rings is 2. The Morgan fingerprint density at radius 3 is 2.62 bits per heavy atom. The molecule has 0 radical (unpaired) electrons. The predicted octanol–water partition coefficient (Wildman–Crippen LogP) is 3.64. The fourth-order valence-electron chi connectivity index (χ4n) is 4.68. The van der Waals surface area contributed by atoms with Crippen LogP contribution in [-0.2, 0) is 11.2 Å². The van der Waals surface area contributed by atoms with Crippen LogP contribution in [0.3, 0.4) is 0 Å². The van der Waals surface area contributed by atoms with Gasteiger partial charge in [0.25, 0.3) is 5.91 Å². The summed E-state index contributed by atoms with van der Waals surface area (Å²) in [5.74, 6) is 0.797. The number of carbonyl (C=O) groups is 2. The molecule has 32 heavy (non-hydrogen) atoms. The van der Waals surface area contributed by atoms with Crippen LogP contribution in [0.25, 0.3) is 0 Å². The Labute approximate surface area is 194 Å². The van der Waals surface area contributed by atoms with Gasteiger partial charge in [-0.3, -0.25) is 14.9 Å². The molecule has 1 aliphatic carbocycles. The second-order valence-corrected chi connectivity index (χ2v) is 8.96. The summed E-state index contributed by atoms with van der Waals surface area (Å²) in [4.78, 5) is 27.9. The number of hydrogen-bond acceptors (Lipinski definition) is 4. The van der Waals surface area contributed by atoms with Gasteiger partial charge in [0.2, 0.25) is 5.91 Å². The van der Waals surface area contributed by atoms with Crippen LogP contribution in [0.4, 0.5) is 0 Å². The number of halogens is 1. The Kier molecular flexibility index (Phi) is 7.33. The van der Waals surface area contributed by atoms with Gasteiger partial charge in [-0.15, -0.1) is 0 Å². The number of ether oxygens (including phenoxy) is 1. The van der Waals surface area contributed by atoms with Crippen LogP contribution >= 0.6 is 11.6 Å². The first-order valence-corrected chi connectivity index (χ1v) is 11.7. The molecule has 1 saturated carbocycles. The minimum Gasteiger partial charge on any atom is -0.497 e. The molecule has 1 saturated heterocycles. The van der Waals surface area contributed by atoms with E-state index in [2.05, 4.69) is 10.6 Å². The van der Waals surface area contributed by atoms with Gasteiger partial charge >= 0.3 is 0 Å². The van der Waals surface area contributed by atoms with E-state index < -0.39 is 0 Å². The van der Waals surface area contributed by atoms with Crippen molar-refractivity contribution in [1.82, 2.24) is 15.5 Å². The highest BCUT2D eigenvalue weighted by Gasteiger charge is 2.38. The number of nitrogens with zero attached hydrogens (tertiary/aromatic N) is 1.